The lowest BCUT2D eigenvalue weighted by atomic mass is 10.1. The van der Waals surface area contributed by atoms with E-state index in [2.05, 4.69) is 35.0 Å². The van der Waals surface area contributed by atoms with Gasteiger partial charge in [-0.15, -0.1) is 0 Å². The lowest BCUT2D eigenvalue weighted by molar-refractivity contribution is 0.449. The zero-order valence-electron chi connectivity index (χ0n) is 14.8. The molecule has 4 heteroatoms. The molecule has 0 atom stereocenters. The van der Waals surface area contributed by atoms with Crippen LogP contribution in [0.1, 0.15) is 17.5 Å². The van der Waals surface area contributed by atoms with Gasteiger partial charge in [-0.25, -0.2) is 13.8 Å². The summed E-state index contributed by atoms with van der Waals surface area (Å²) in [6, 6.07) is 14.2. The number of aliphatic imine (C=N–C) groups is 1. The molecule has 0 unspecified atom stereocenters. The Labute approximate surface area is 157 Å². The van der Waals surface area contributed by atoms with E-state index in [1.54, 1.807) is 12.4 Å². The lowest BCUT2D eigenvalue weighted by Crippen LogP contribution is -2.26. The minimum Gasteiger partial charge on any atom is -0.354 e. The summed E-state index contributed by atoms with van der Waals surface area (Å²) in [4.78, 5) is 6.51. The molecule has 0 spiro atoms. The molecule has 0 fully saturated rings. The number of benzene rings is 2. The minimum absolute atomic E-state index is 0.486. The van der Waals surface area contributed by atoms with Crippen LogP contribution >= 0.6 is 0 Å². The molecule has 0 amide bonds. The van der Waals surface area contributed by atoms with Gasteiger partial charge in [-0.2, -0.15) is 0 Å². The monoisotopic (exact) mass is 360 g/mol. The molecule has 2 aromatic rings. The molecule has 0 saturated carbocycles. The van der Waals surface area contributed by atoms with Crippen molar-refractivity contribution >= 4 is 6.34 Å². The van der Waals surface area contributed by atoms with Crippen molar-refractivity contribution in [2.24, 2.45) is 4.99 Å². The number of hydrogen-bond donors (Lipinski definition) is 0. The largest absolute Gasteiger partial charge is 0.354 e. The van der Waals surface area contributed by atoms with E-state index in [1.807, 2.05) is 23.1 Å². The van der Waals surface area contributed by atoms with Crippen LogP contribution < -0.4 is 0 Å². The Morgan fingerprint density at radius 2 is 1.85 bits per heavy atom. The molecule has 1 aliphatic heterocycles. The smallest absolute Gasteiger partial charge is 0.159 e. The maximum atomic E-state index is 13.4. The van der Waals surface area contributed by atoms with E-state index in [0.29, 0.717) is 18.7 Å². The lowest BCUT2D eigenvalue weighted by Gasteiger charge is -2.23. The summed E-state index contributed by atoms with van der Waals surface area (Å²) in [7, 11) is 0. The summed E-state index contributed by atoms with van der Waals surface area (Å²) in [5.41, 5.74) is 5.18. The normalized spacial score (nSPS) is 15.3. The van der Waals surface area contributed by atoms with E-state index in [-0.39, 0.29) is 0 Å². The van der Waals surface area contributed by atoms with Gasteiger partial charge in [0, 0.05) is 31.5 Å². The topological polar surface area (TPSA) is 15.6 Å². The quantitative estimate of drug-likeness (QED) is 0.728. The van der Waals surface area contributed by atoms with E-state index < -0.39 is 11.6 Å². The minimum atomic E-state index is -0.825. The zero-order chi connectivity index (χ0) is 18.6. The van der Waals surface area contributed by atoms with Crippen LogP contribution in [-0.4, -0.2) is 17.8 Å². The van der Waals surface area contributed by atoms with E-state index in [1.165, 1.54) is 11.6 Å². The molecule has 2 aliphatic rings. The van der Waals surface area contributed by atoms with Gasteiger partial charge in [-0.3, -0.25) is 0 Å². The summed E-state index contributed by atoms with van der Waals surface area (Å²) in [5.74, 6) is 4.83. The van der Waals surface area contributed by atoms with E-state index >= 15 is 0 Å². The van der Waals surface area contributed by atoms with Crippen LogP contribution in [0.3, 0.4) is 0 Å². The Morgan fingerprint density at radius 1 is 1.00 bits per heavy atom. The third-order valence-corrected chi connectivity index (χ3v) is 4.58. The van der Waals surface area contributed by atoms with Gasteiger partial charge in [-0.05, 0) is 34.9 Å². The highest BCUT2D eigenvalue weighted by Gasteiger charge is 2.20. The van der Waals surface area contributed by atoms with Gasteiger partial charge in [0.1, 0.15) is 0 Å². The van der Waals surface area contributed by atoms with Crippen molar-refractivity contribution in [3.8, 4) is 11.8 Å². The van der Waals surface area contributed by atoms with E-state index in [4.69, 9.17) is 0 Å². The number of nitrogens with zero attached hydrogens (tertiary/aromatic N) is 2. The molecule has 0 saturated heterocycles. The highest BCUT2D eigenvalue weighted by atomic mass is 19.2. The second-order valence-electron chi connectivity index (χ2n) is 6.68. The van der Waals surface area contributed by atoms with E-state index in [9.17, 15) is 8.78 Å². The number of allylic oxidation sites excluding steroid dienone is 1. The zero-order valence-corrected chi connectivity index (χ0v) is 14.8. The molecular formula is C23H18F2N2. The molecule has 2 aromatic carbocycles. The van der Waals surface area contributed by atoms with Crippen molar-refractivity contribution in [1.29, 1.82) is 0 Å². The first-order valence-electron chi connectivity index (χ1n) is 8.85. The third kappa shape index (κ3) is 4.15. The van der Waals surface area contributed by atoms with Crippen LogP contribution in [0.2, 0.25) is 0 Å². The maximum Gasteiger partial charge on any atom is 0.159 e. The molecule has 0 radical (unpaired) electrons. The van der Waals surface area contributed by atoms with Crippen LogP contribution in [0, 0.1) is 23.5 Å². The van der Waals surface area contributed by atoms with Gasteiger partial charge in [0.25, 0.3) is 0 Å². The summed E-state index contributed by atoms with van der Waals surface area (Å²) >= 11 is 0. The fourth-order valence-electron chi connectivity index (χ4n) is 3.22. The SMILES string of the molecule is Fc1ccc(CN2C=NC3=C(C=C(C#CCc4ccccc4)C3)C2)cc1F. The molecule has 0 aromatic heterocycles. The first-order chi connectivity index (χ1) is 13.2. The standard InChI is InChI=1S/C23H18F2N2/c24-21-10-9-19(12-22(21)25)14-27-15-20-11-18(13-23(20)26-16-27)8-4-7-17-5-2-1-3-6-17/h1-3,5-6,9-12,16H,7,13-15H2. The summed E-state index contributed by atoms with van der Waals surface area (Å²) < 4.78 is 26.4. The van der Waals surface area contributed by atoms with Crippen LogP contribution in [0.5, 0.6) is 0 Å². The maximum absolute atomic E-state index is 13.4. The Bertz CT molecular complexity index is 1010. The molecule has 1 heterocycles. The van der Waals surface area contributed by atoms with Crippen molar-refractivity contribution in [2.45, 2.75) is 19.4 Å². The molecule has 27 heavy (non-hydrogen) atoms. The van der Waals surface area contributed by atoms with Crippen LogP contribution in [0.4, 0.5) is 8.78 Å². The van der Waals surface area contributed by atoms with Crippen molar-refractivity contribution in [2.75, 3.05) is 6.54 Å². The van der Waals surface area contributed by atoms with Gasteiger partial charge < -0.3 is 4.90 Å². The Morgan fingerprint density at radius 3 is 2.67 bits per heavy atom. The summed E-state index contributed by atoms with van der Waals surface area (Å²) in [5, 5.41) is 0. The van der Waals surface area contributed by atoms with Gasteiger partial charge in [0.15, 0.2) is 11.6 Å². The van der Waals surface area contributed by atoms with Crippen molar-refractivity contribution < 1.29 is 8.78 Å². The predicted molar refractivity (Wildman–Crippen MR) is 103 cm³/mol. The Hall–Kier alpha value is -3.19. The van der Waals surface area contributed by atoms with Crippen molar-refractivity contribution in [3.63, 3.8) is 0 Å². The fourth-order valence-corrected chi connectivity index (χ4v) is 3.22. The van der Waals surface area contributed by atoms with Gasteiger partial charge in [-0.1, -0.05) is 48.2 Å². The second kappa shape index (κ2) is 7.59. The number of halogens is 2. The summed E-state index contributed by atoms with van der Waals surface area (Å²) in [6.07, 6.45) is 5.36. The Kier molecular flexibility index (Phi) is 4.84. The molecule has 0 bridgehead atoms. The van der Waals surface area contributed by atoms with Crippen LogP contribution in [-0.2, 0) is 13.0 Å². The highest BCUT2D eigenvalue weighted by Crippen LogP contribution is 2.29. The van der Waals surface area contributed by atoms with Gasteiger partial charge >= 0.3 is 0 Å². The van der Waals surface area contributed by atoms with Crippen molar-refractivity contribution in [1.82, 2.24) is 4.90 Å². The number of rotatable bonds is 3. The molecule has 2 nitrogen and oxygen atoms in total. The van der Waals surface area contributed by atoms with Gasteiger partial charge in [0.2, 0.25) is 0 Å². The van der Waals surface area contributed by atoms with Crippen LogP contribution in [0.15, 0.2) is 76.4 Å². The fraction of sp³-hybridized carbons (Fsp3) is 0.174. The third-order valence-electron chi connectivity index (χ3n) is 4.58. The summed E-state index contributed by atoms with van der Waals surface area (Å²) in [6.45, 7) is 1.18. The Balaban J connectivity index is 1.38. The molecule has 0 N–H and O–H groups in total. The average Bonchev–Trinajstić information content (AvgIpc) is 3.08. The highest BCUT2D eigenvalue weighted by molar-refractivity contribution is 5.64. The van der Waals surface area contributed by atoms with Crippen molar-refractivity contribution in [3.05, 3.63) is 94.2 Å². The first kappa shape index (κ1) is 17.2. The second-order valence-corrected chi connectivity index (χ2v) is 6.68. The molecular weight excluding hydrogens is 342 g/mol. The van der Waals surface area contributed by atoms with Gasteiger partial charge in [0.05, 0.1) is 12.0 Å². The first-order valence-corrected chi connectivity index (χ1v) is 8.85. The van der Waals surface area contributed by atoms with Crippen LogP contribution in [0.25, 0.3) is 0 Å². The predicted octanol–water partition coefficient (Wildman–Crippen LogP) is 4.64. The number of hydrogen-bond acceptors (Lipinski definition) is 2. The average molecular weight is 360 g/mol. The van der Waals surface area contributed by atoms with E-state index in [0.717, 1.165) is 35.8 Å². The molecule has 4 rings (SSSR count). The molecule has 134 valence electrons. The molecule has 1 aliphatic carbocycles.